The molecule has 0 saturated carbocycles. The molecule has 5 heteroatoms. The van der Waals surface area contributed by atoms with E-state index in [0.29, 0.717) is 31.5 Å². The largest absolute Gasteiger partial charge is 0.356 e. The first-order chi connectivity index (χ1) is 11.5. The number of likely N-dealkylation sites (tertiary alicyclic amines) is 1. The number of carbonyl (C=O) groups is 2. The third-order valence-electron chi connectivity index (χ3n) is 4.93. The van der Waals surface area contributed by atoms with E-state index >= 15 is 0 Å². The molecule has 2 atom stereocenters. The van der Waals surface area contributed by atoms with Crippen LogP contribution in [0.15, 0.2) is 30.3 Å². The van der Waals surface area contributed by atoms with Crippen LogP contribution in [0.5, 0.6) is 0 Å². The van der Waals surface area contributed by atoms with Gasteiger partial charge in [0.15, 0.2) is 0 Å². The predicted molar refractivity (Wildman–Crippen MR) is 95.4 cm³/mol. The summed E-state index contributed by atoms with van der Waals surface area (Å²) in [6, 6.07) is 9.93. The number of urea groups is 1. The number of amides is 3. The average Bonchev–Trinajstić information content (AvgIpc) is 2.59. The first kappa shape index (κ1) is 18.3. The third kappa shape index (κ3) is 5.25. The Hall–Kier alpha value is -2.04. The molecule has 1 aliphatic rings. The van der Waals surface area contributed by atoms with Gasteiger partial charge < -0.3 is 16.0 Å². The molecule has 0 aromatic heterocycles. The Morgan fingerprint density at radius 1 is 1.29 bits per heavy atom. The number of nitrogens with two attached hydrogens (primary N) is 1. The van der Waals surface area contributed by atoms with Gasteiger partial charge in [0.25, 0.3) is 0 Å². The highest BCUT2D eigenvalue weighted by Gasteiger charge is 2.28. The van der Waals surface area contributed by atoms with Gasteiger partial charge in [0.1, 0.15) is 0 Å². The van der Waals surface area contributed by atoms with Crippen LogP contribution in [0.2, 0.25) is 0 Å². The lowest BCUT2D eigenvalue weighted by molar-refractivity contribution is -0.126. The van der Waals surface area contributed by atoms with Crippen LogP contribution in [-0.4, -0.2) is 36.5 Å². The summed E-state index contributed by atoms with van der Waals surface area (Å²) in [6.07, 6.45) is 2.61. The van der Waals surface area contributed by atoms with Crippen molar-refractivity contribution in [3.05, 3.63) is 35.9 Å². The number of piperidine rings is 1. The van der Waals surface area contributed by atoms with Gasteiger partial charge in [-0.25, -0.2) is 4.79 Å². The Morgan fingerprint density at radius 2 is 2.00 bits per heavy atom. The molecule has 1 heterocycles. The standard InChI is InChI=1S/C19H29N3O2/c1-14(2)17(11-15-7-4-3-5-8-15)12-21-18(23)16-9-6-10-22(13-16)19(20)24/h3-5,7-8,14,16-17H,6,9-13H2,1-2H3,(H2,20,24)(H,21,23)/t16-,17+/m0/s1. The van der Waals surface area contributed by atoms with E-state index in [1.807, 2.05) is 18.2 Å². The fourth-order valence-corrected chi connectivity index (χ4v) is 3.23. The number of hydrogen-bond donors (Lipinski definition) is 2. The van der Waals surface area contributed by atoms with E-state index in [1.54, 1.807) is 4.90 Å². The molecule has 0 aliphatic carbocycles. The summed E-state index contributed by atoms with van der Waals surface area (Å²) in [5.74, 6) is 0.779. The maximum atomic E-state index is 12.5. The van der Waals surface area contributed by atoms with E-state index < -0.39 is 6.03 Å². The van der Waals surface area contributed by atoms with Gasteiger partial charge in [0.05, 0.1) is 5.92 Å². The molecule has 3 N–H and O–H groups in total. The van der Waals surface area contributed by atoms with Crippen LogP contribution in [0.3, 0.4) is 0 Å². The van der Waals surface area contributed by atoms with Crippen molar-refractivity contribution in [3.8, 4) is 0 Å². The summed E-state index contributed by atoms with van der Waals surface area (Å²) in [7, 11) is 0. The van der Waals surface area contributed by atoms with Crippen LogP contribution in [-0.2, 0) is 11.2 Å². The smallest absolute Gasteiger partial charge is 0.314 e. The second-order valence-corrected chi connectivity index (χ2v) is 7.06. The first-order valence-electron chi connectivity index (χ1n) is 8.83. The van der Waals surface area contributed by atoms with Gasteiger partial charge in [0, 0.05) is 19.6 Å². The fourth-order valence-electron chi connectivity index (χ4n) is 3.23. The fraction of sp³-hybridized carbons (Fsp3) is 0.579. The summed E-state index contributed by atoms with van der Waals surface area (Å²) < 4.78 is 0. The van der Waals surface area contributed by atoms with Crippen molar-refractivity contribution in [1.29, 1.82) is 0 Å². The molecular weight excluding hydrogens is 302 g/mol. The minimum atomic E-state index is -0.434. The first-order valence-corrected chi connectivity index (χ1v) is 8.83. The molecular formula is C19H29N3O2. The Morgan fingerprint density at radius 3 is 2.62 bits per heavy atom. The maximum absolute atomic E-state index is 12.5. The van der Waals surface area contributed by atoms with E-state index in [0.717, 1.165) is 19.3 Å². The Labute approximate surface area is 144 Å². The monoisotopic (exact) mass is 331 g/mol. The lowest BCUT2D eigenvalue weighted by Gasteiger charge is -2.31. The van der Waals surface area contributed by atoms with Gasteiger partial charge >= 0.3 is 6.03 Å². The van der Waals surface area contributed by atoms with Gasteiger partial charge in [-0.2, -0.15) is 0 Å². The van der Waals surface area contributed by atoms with Gasteiger partial charge in [-0.15, -0.1) is 0 Å². The quantitative estimate of drug-likeness (QED) is 0.840. The van der Waals surface area contributed by atoms with Crippen LogP contribution in [0.1, 0.15) is 32.3 Å². The molecule has 1 aromatic carbocycles. The molecule has 3 amide bonds. The predicted octanol–water partition coefficient (Wildman–Crippen LogP) is 2.41. The second-order valence-electron chi connectivity index (χ2n) is 7.06. The zero-order chi connectivity index (χ0) is 17.5. The lowest BCUT2D eigenvalue weighted by Crippen LogP contribution is -2.48. The van der Waals surface area contributed by atoms with E-state index in [2.05, 4.69) is 31.3 Å². The molecule has 0 unspecified atom stereocenters. The van der Waals surface area contributed by atoms with Gasteiger partial charge in [-0.1, -0.05) is 44.2 Å². The Bertz CT molecular complexity index is 545. The van der Waals surface area contributed by atoms with Crippen LogP contribution in [0.25, 0.3) is 0 Å². The summed E-state index contributed by atoms with van der Waals surface area (Å²) in [5.41, 5.74) is 6.63. The average molecular weight is 331 g/mol. The zero-order valence-electron chi connectivity index (χ0n) is 14.7. The van der Waals surface area contributed by atoms with Crippen molar-refractivity contribution in [2.24, 2.45) is 23.5 Å². The van der Waals surface area contributed by atoms with Gasteiger partial charge in [0.2, 0.25) is 5.91 Å². The number of benzene rings is 1. The van der Waals surface area contributed by atoms with Gasteiger partial charge in [-0.3, -0.25) is 4.79 Å². The van der Waals surface area contributed by atoms with Crippen molar-refractivity contribution in [2.45, 2.75) is 33.1 Å². The van der Waals surface area contributed by atoms with Crippen molar-refractivity contribution < 1.29 is 9.59 Å². The topological polar surface area (TPSA) is 75.4 Å². The molecule has 1 aliphatic heterocycles. The summed E-state index contributed by atoms with van der Waals surface area (Å²) in [4.78, 5) is 25.3. The number of rotatable bonds is 6. The second kappa shape index (κ2) is 8.71. The van der Waals surface area contributed by atoms with Crippen molar-refractivity contribution >= 4 is 11.9 Å². The van der Waals surface area contributed by atoms with E-state index in [4.69, 9.17) is 5.73 Å². The number of hydrogen-bond acceptors (Lipinski definition) is 2. The molecule has 1 aromatic rings. The van der Waals surface area contributed by atoms with Crippen molar-refractivity contribution in [3.63, 3.8) is 0 Å². The number of nitrogens with zero attached hydrogens (tertiary/aromatic N) is 1. The van der Waals surface area contributed by atoms with Crippen LogP contribution >= 0.6 is 0 Å². The van der Waals surface area contributed by atoms with Crippen molar-refractivity contribution in [2.75, 3.05) is 19.6 Å². The maximum Gasteiger partial charge on any atom is 0.314 e. The van der Waals surface area contributed by atoms with Crippen LogP contribution in [0.4, 0.5) is 4.79 Å². The van der Waals surface area contributed by atoms with E-state index in [1.165, 1.54) is 5.56 Å². The highest BCUT2D eigenvalue weighted by molar-refractivity contribution is 5.80. The number of carbonyl (C=O) groups excluding carboxylic acids is 2. The minimum absolute atomic E-state index is 0.0414. The van der Waals surface area contributed by atoms with Crippen molar-refractivity contribution in [1.82, 2.24) is 10.2 Å². The minimum Gasteiger partial charge on any atom is -0.356 e. The highest BCUT2D eigenvalue weighted by Crippen LogP contribution is 2.19. The SMILES string of the molecule is CC(C)[C@@H](CNC(=O)[C@H]1CCCN(C(N)=O)C1)Cc1ccccc1. The Balaban J connectivity index is 1.87. The highest BCUT2D eigenvalue weighted by atomic mass is 16.2. The van der Waals surface area contributed by atoms with E-state index in [9.17, 15) is 9.59 Å². The summed E-state index contributed by atoms with van der Waals surface area (Å²) in [5, 5.41) is 3.10. The Kier molecular flexibility index (Phi) is 6.64. The molecule has 0 bridgehead atoms. The molecule has 2 rings (SSSR count). The molecule has 1 saturated heterocycles. The number of nitrogens with one attached hydrogen (secondary N) is 1. The van der Waals surface area contributed by atoms with Crippen LogP contribution < -0.4 is 11.1 Å². The molecule has 132 valence electrons. The third-order valence-corrected chi connectivity index (χ3v) is 4.93. The molecule has 24 heavy (non-hydrogen) atoms. The summed E-state index contributed by atoms with van der Waals surface area (Å²) in [6.45, 7) is 6.14. The molecule has 0 spiro atoms. The number of primary amides is 1. The summed E-state index contributed by atoms with van der Waals surface area (Å²) >= 11 is 0. The van der Waals surface area contributed by atoms with E-state index in [-0.39, 0.29) is 11.8 Å². The van der Waals surface area contributed by atoms with Crippen LogP contribution in [0, 0.1) is 17.8 Å². The lowest BCUT2D eigenvalue weighted by atomic mass is 9.88. The zero-order valence-corrected chi connectivity index (χ0v) is 14.7. The normalized spacial score (nSPS) is 19.1. The molecule has 1 fully saturated rings. The van der Waals surface area contributed by atoms with Gasteiger partial charge in [-0.05, 0) is 36.7 Å². The molecule has 0 radical (unpaired) electrons. The molecule has 5 nitrogen and oxygen atoms in total.